The Balaban J connectivity index is 2.15. The van der Waals surface area contributed by atoms with Gasteiger partial charge in [-0.1, -0.05) is 18.9 Å². The largest absolute Gasteiger partial charge is 0.341 e. The molecule has 0 spiro atoms. The first kappa shape index (κ1) is 15.0. The molecular formula is C14H17BrN2O3. The zero-order chi connectivity index (χ0) is 14.7. The Morgan fingerprint density at radius 3 is 2.70 bits per heavy atom. The van der Waals surface area contributed by atoms with Crippen LogP contribution in [-0.2, 0) is 0 Å². The van der Waals surface area contributed by atoms with Gasteiger partial charge in [0.15, 0.2) is 0 Å². The molecule has 108 valence electrons. The maximum Gasteiger partial charge on any atom is 0.284 e. The van der Waals surface area contributed by atoms with Gasteiger partial charge in [-0.15, -0.1) is 0 Å². The minimum Gasteiger partial charge on any atom is -0.341 e. The minimum absolute atomic E-state index is 0.0786. The summed E-state index contributed by atoms with van der Waals surface area (Å²) in [5, 5.41) is 10.9. The average Bonchev–Trinajstić information content (AvgIpc) is 2.90. The lowest BCUT2D eigenvalue weighted by molar-refractivity contribution is -0.385. The lowest BCUT2D eigenvalue weighted by Crippen LogP contribution is -2.31. The smallest absolute Gasteiger partial charge is 0.284 e. The quantitative estimate of drug-likeness (QED) is 0.621. The molecule has 1 aliphatic rings. The highest BCUT2D eigenvalue weighted by Crippen LogP contribution is 2.30. The number of halogens is 1. The normalized spacial score (nSPS) is 15.3. The van der Waals surface area contributed by atoms with E-state index in [9.17, 15) is 14.9 Å². The van der Waals surface area contributed by atoms with E-state index in [1.165, 1.54) is 18.9 Å². The first-order valence-electron chi connectivity index (χ1n) is 6.69. The number of carbonyl (C=O) groups excluding carboxylic acids is 1. The predicted octanol–water partition coefficient (Wildman–Crippen LogP) is 3.62. The summed E-state index contributed by atoms with van der Waals surface area (Å²) in [7, 11) is 1.76. The van der Waals surface area contributed by atoms with Crippen molar-refractivity contribution in [3.05, 3.63) is 38.3 Å². The Kier molecular flexibility index (Phi) is 4.75. The van der Waals surface area contributed by atoms with Crippen molar-refractivity contribution in [3.8, 4) is 0 Å². The van der Waals surface area contributed by atoms with Gasteiger partial charge in [-0.05, 0) is 40.8 Å². The van der Waals surface area contributed by atoms with Gasteiger partial charge in [0.25, 0.3) is 11.6 Å². The van der Waals surface area contributed by atoms with Gasteiger partial charge in [-0.25, -0.2) is 0 Å². The van der Waals surface area contributed by atoms with Gasteiger partial charge in [0.05, 0.1) is 10.5 Å². The number of nitro groups is 1. The Bertz CT molecular complexity index is 527. The zero-order valence-corrected chi connectivity index (χ0v) is 12.9. The SMILES string of the molecule is CN(CC1CCCC1)C(=O)c1cccc([N+](=O)[O-])c1Br. The average molecular weight is 341 g/mol. The third-order valence-corrected chi connectivity index (χ3v) is 4.59. The van der Waals surface area contributed by atoms with Crippen LogP contribution < -0.4 is 0 Å². The fraction of sp³-hybridized carbons (Fsp3) is 0.500. The van der Waals surface area contributed by atoms with Crippen molar-refractivity contribution in [3.63, 3.8) is 0 Å². The van der Waals surface area contributed by atoms with Crippen LogP contribution in [0.1, 0.15) is 36.0 Å². The van der Waals surface area contributed by atoms with E-state index in [1.807, 2.05) is 0 Å². The summed E-state index contributed by atoms with van der Waals surface area (Å²) >= 11 is 3.17. The van der Waals surface area contributed by atoms with Gasteiger partial charge in [0.2, 0.25) is 0 Å². The van der Waals surface area contributed by atoms with E-state index in [-0.39, 0.29) is 16.1 Å². The number of nitro benzene ring substituents is 1. The van der Waals surface area contributed by atoms with E-state index in [4.69, 9.17) is 0 Å². The Labute approximate surface area is 126 Å². The zero-order valence-electron chi connectivity index (χ0n) is 11.3. The summed E-state index contributed by atoms with van der Waals surface area (Å²) in [5.74, 6) is 0.383. The van der Waals surface area contributed by atoms with Crippen LogP contribution in [-0.4, -0.2) is 29.3 Å². The molecular weight excluding hydrogens is 324 g/mol. The lowest BCUT2D eigenvalue weighted by atomic mass is 10.1. The van der Waals surface area contributed by atoms with Crippen molar-refractivity contribution in [2.24, 2.45) is 5.92 Å². The van der Waals surface area contributed by atoms with Crippen molar-refractivity contribution in [2.45, 2.75) is 25.7 Å². The fourth-order valence-corrected chi connectivity index (χ4v) is 3.27. The van der Waals surface area contributed by atoms with Crippen molar-refractivity contribution >= 4 is 27.5 Å². The van der Waals surface area contributed by atoms with Gasteiger partial charge in [-0.2, -0.15) is 0 Å². The van der Waals surface area contributed by atoms with Gasteiger partial charge in [0.1, 0.15) is 4.47 Å². The second-order valence-electron chi connectivity index (χ2n) is 5.23. The summed E-state index contributed by atoms with van der Waals surface area (Å²) in [6.07, 6.45) is 4.78. The van der Waals surface area contributed by atoms with Gasteiger partial charge in [0, 0.05) is 19.7 Å². The monoisotopic (exact) mass is 340 g/mol. The van der Waals surface area contributed by atoms with Crippen molar-refractivity contribution < 1.29 is 9.72 Å². The van der Waals surface area contributed by atoms with E-state index in [0.717, 1.165) is 12.8 Å². The third kappa shape index (κ3) is 3.17. The molecule has 0 unspecified atom stereocenters. The summed E-state index contributed by atoms with van der Waals surface area (Å²) < 4.78 is 0.258. The molecule has 0 atom stereocenters. The Hall–Kier alpha value is -1.43. The number of nitrogens with zero attached hydrogens (tertiary/aromatic N) is 2. The van der Waals surface area contributed by atoms with Crippen LogP contribution in [0.4, 0.5) is 5.69 Å². The van der Waals surface area contributed by atoms with E-state index in [2.05, 4.69) is 15.9 Å². The minimum atomic E-state index is -0.488. The molecule has 1 aromatic carbocycles. The molecule has 0 aromatic heterocycles. The maximum atomic E-state index is 12.4. The molecule has 0 bridgehead atoms. The molecule has 0 aliphatic heterocycles. The van der Waals surface area contributed by atoms with Crippen LogP contribution >= 0.6 is 15.9 Å². The molecule has 1 aliphatic carbocycles. The lowest BCUT2D eigenvalue weighted by Gasteiger charge is -2.21. The first-order chi connectivity index (χ1) is 9.50. The number of benzene rings is 1. The predicted molar refractivity (Wildman–Crippen MR) is 79.7 cm³/mol. The summed E-state index contributed by atoms with van der Waals surface area (Å²) in [6.45, 7) is 0.716. The van der Waals surface area contributed by atoms with E-state index in [1.54, 1.807) is 24.1 Å². The molecule has 1 saturated carbocycles. The molecule has 5 nitrogen and oxygen atoms in total. The molecule has 0 N–H and O–H groups in total. The fourth-order valence-electron chi connectivity index (χ4n) is 2.69. The molecule has 2 rings (SSSR count). The molecule has 0 saturated heterocycles. The number of carbonyl (C=O) groups is 1. The van der Waals surface area contributed by atoms with Gasteiger partial charge < -0.3 is 4.90 Å². The molecule has 20 heavy (non-hydrogen) atoms. The standard InChI is InChI=1S/C14H17BrN2O3/c1-16(9-10-5-2-3-6-10)14(18)11-7-4-8-12(13(11)15)17(19)20/h4,7-8,10H,2-3,5-6,9H2,1H3. The van der Waals surface area contributed by atoms with Gasteiger partial charge in [-0.3, -0.25) is 14.9 Å². The number of hydrogen-bond acceptors (Lipinski definition) is 3. The van der Waals surface area contributed by atoms with Crippen LogP contribution in [0.15, 0.2) is 22.7 Å². The van der Waals surface area contributed by atoms with E-state index < -0.39 is 4.92 Å². The second-order valence-corrected chi connectivity index (χ2v) is 6.02. The molecule has 1 amide bonds. The second kappa shape index (κ2) is 6.35. The first-order valence-corrected chi connectivity index (χ1v) is 7.48. The molecule has 0 radical (unpaired) electrons. The molecule has 1 aromatic rings. The Morgan fingerprint density at radius 2 is 2.10 bits per heavy atom. The maximum absolute atomic E-state index is 12.4. The van der Waals surface area contributed by atoms with E-state index >= 15 is 0 Å². The summed E-state index contributed by atoms with van der Waals surface area (Å²) in [5.41, 5.74) is 0.268. The van der Waals surface area contributed by atoms with Crippen LogP contribution in [0.3, 0.4) is 0 Å². The number of rotatable bonds is 4. The van der Waals surface area contributed by atoms with Gasteiger partial charge >= 0.3 is 0 Å². The number of amides is 1. The Morgan fingerprint density at radius 1 is 1.45 bits per heavy atom. The summed E-state index contributed by atoms with van der Waals surface area (Å²) in [6, 6.07) is 4.54. The molecule has 6 heteroatoms. The molecule has 1 fully saturated rings. The topological polar surface area (TPSA) is 63.5 Å². The van der Waals surface area contributed by atoms with Crippen LogP contribution in [0.2, 0.25) is 0 Å². The highest BCUT2D eigenvalue weighted by molar-refractivity contribution is 9.10. The van der Waals surface area contributed by atoms with E-state index in [0.29, 0.717) is 18.0 Å². The van der Waals surface area contributed by atoms with Crippen molar-refractivity contribution in [1.82, 2.24) is 4.90 Å². The van der Waals surface area contributed by atoms with Crippen LogP contribution in [0.25, 0.3) is 0 Å². The number of hydrogen-bond donors (Lipinski definition) is 0. The van der Waals surface area contributed by atoms with Crippen LogP contribution in [0, 0.1) is 16.0 Å². The third-order valence-electron chi connectivity index (χ3n) is 3.76. The van der Waals surface area contributed by atoms with Crippen molar-refractivity contribution in [1.29, 1.82) is 0 Å². The highest BCUT2D eigenvalue weighted by atomic mass is 79.9. The summed E-state index contributed by atoms with van der Waals surface area (Å²) in [4.78, 5) is 24.5. The highest BCUT2D eigenvalue weighted by Gasteiger charge is 2.24. The van der Waals surface area contributed by atoms with Crippen molar-refractivity contribution in [2.75, 3.05) is 13.6 Å². The molecule has 0 heterocycles. The van der Waals surface area contributed by atoms with Crippen LogP contribution in [0.5, 0.6) is 0 Å².